The summed E-state index contributed by atoms with van der Waals surface area (Å²) >= 11 is 0. The predicted octanol–water partition coefficient (Wildman–Crippen LogP) is 0.939. The van der Waals surface area contributed by atoms with Crippen LogP contribution >= 0.6 is 0 Å². The number of fused-ring (bicyclic) bond motifs is 1. The van der Waals surface area contributed by atoms with Gasteiger partial charge in [0.1, 0.15) is 6.04 Å². The van der Waals surface area contributed by atoms with E-state index in [0.717, 1.165) is 6.42 Å². The lowest BCUT2D eigenvalue weighted by molar-refractivity contribution is -0.137. The van der Waals surface area contributed by atoms with Crippen LogP contribution in [0.4, 0.5) is 5.69 Å². The van der Waals surface area contributed by atoms with Gasteiger partial charge in [-0.2, -0.15) is 0 Å². The summed E-state index contributed by atoms with van der Waals surface area (Å²) in [6, 6.07) is 4.45. The summed E-state index contributed by atoms with van der Waals surface area (Å²) in [5, 5.41) is 13.9. The van der Waals surface area contributed by atoms with E-state index < -0.39 is 11.9 Å². The molecular formula is C19H23N3O5. The number of hydrogen-bond donors (Lipinski definition) is 3. The van der Waals surface area contributed by atoms with E-state index in [-0.39, 0.29) is 37.3 Å². The number of aliphatic hydroxyl groups excluding tert-OH is 1. The minimum atomic E-state index is -0.676. The van der Waals surface area contributed by atoms with Crippen molar-refractivity contribution in [3.8, 4) is 0 Å². The first-order valence-corrected chi connectivity index (χ1v) is 9.18. The van der Waals surface area contributed by atoms with Gasteiger partial charge in [0.2, 0.25) is 17.7 Å². The molecule has 8 heteroatoms. The van der Waals surface area contributed by atoms with Gasteiger partial charge in [0, 0.05) is 42.8 Å². The standard InChI is InChI=1S/C19H23N3O5/c23-10-3-1-2-7-16(24)20-14-6-4-5-12-13(14)11-22(19(12)27)15-8-9-17(25)21-18(15)26/h4-6,15,23H,1-3,7-11H2,(H,20,24)(H,21,25,26). The monoisotopic (exact) mass is 373 g/mol. The number of anilines is 1. The summed E-state index contributed by atoms with van der Waals surface area (Å²) in [6.45, 7) is 0.341. The van der Waals surface area contributed by atoms with Crippen molar-refractivity contribution in [2.75, 3.05) is 11.9 Å². The number of rotatable bonds is 7. The van der Waals surface area contributed by atoms with Crippen LogP contribution in [0.25, 0.3) is 0 Å². The zero-order chi connectivity index (χ0) is 19.4. The molecule has 0 aliphatic carbocycles. The lowest BCUT2D eigenvalue weighted by Crippen LogP contribution is -2.52. The molecule has 1 fully saturated rings. The zero-order valence-corrected chi connectivity index (χ0v) is 15.0. The number of amides is 4. The molecule has 3 N–H and O–H groups in total. The molecule has 1 unspecified atom stereocenters. The Balaban J connectivity index is 1.69. The molecule has 1 aromatic carbocycles. The van der Waals surface area contributed by atoms with Gasteiger partial charge in [-0.25, -0.2) is 0 Å². The number of hydrogen-bond acceptors (Lipinski definition) is 5. The zero-order valence-electron chi connectivity index (χ0n) is 15.0. The summed E-state index contributed by atoms with van der Waals surface area (Å²) < 4.78 is 0. The second-order valence-corrected chi connectivity index (χ2v) is 6.81. The van der Waals surface area contributed by atoms with E-state index in [1.54, 1.807) is 18.2 Å². The molecule has 3 rings (SSSR count). The van der Waals surface area contributed by atoms with E-state index in [1.165, 1.54) is 4.90 Å². The van der Waals surface area contributed by atoms with Gasteiger partial charge in [-0.15, -0.1) is 0 Å². The van der Waals surface area contributed by atoms with E-state index in [1.807, 2.05) is 0 Å². The first kappa shape index (κ1) is 19.0. The minimum Gasteiger partial charge on any atom is -0.396 e. The highest BCUT2D eigenvalue weighted by atomic mass is 16.3. The topological polar surface area (TPSA) is 116 Å². The third kappa shape index (κ3) is 4.16. The molecule has 0 saturated carbocycles. The number of imide groups is 1. The van der Waals surface area contributed by atoms with Crippen molar-refractivity contribution >= 4 is 29.3 Å². The predicted molar refractivity (Wildman–Crippen MR) is 96.7 cm³/mol. The number of carbonyl (C=O) groups is 4. The normalized spacial score (nSPS) is 19.1. The Morgan fingerprint density at radius 2 is 2.04 bits per heavy atom. The van der Waals surface area contributed by atoms with Crippen molar-refractivity contribution in [2.24, 2.45) is 0 Å². The minimum absolute atomic E-state index is 0.117. The fraction of sp³-hybridized carbons (Fsp3) is 0.474. The SMILES string of the molecule is O=C1CCC(N2Cc3c(NC(=O)CCCCCO)cccc3C2=O)C(=O)N1. The number of piperidine rings is 1. The first-order chi connectivity index (χ1) is 13.0. The maximum absolute atomic E-state index is 12.7. The average Bonchev–Trinajstić information content (AvgIpc) is 2.97. The summed E-state index contributed by atoms with van der Waals surface area (Å²) in [6.07, 6.45) is 2.98. The number of aliphatic hydroxyl groups is 1. The number of nitrogens with one attached hydrogen (secondary N) is 2. The van der Waals surface area contributed by atoms with E-state index in [0.29, 0.717) is 42.5 Å². The molecule has 0 spiro atoms. The summed E-state index contributed by atoms with van der Waals surface area (Å²) in [4.78, 5) is 49.8. The Bertz CT molecular complexity index is 777. The Morgan fingerprint density at radius 3 is 2.78 bits per heavy atom. The number of carbonyl (C=O) groups excluding carboxylic acids is 4. The van der Waals surface area contributed by atoms with Crippen LogP contribution < -0.4 is 10.6 Å². The van der Waals surface area contributed by atoms with E-state index >= 15 is 0 Å². The van der Waals surface area contributed by atoms with Crippen LogP contribution in [0.15, 0.2) is 18.2 Å². The van der Waals surface area contributed by atoms with Crippen LogP contribution in [-0.4, -0.2) is 46.3 Å². The van der Waals surface area contributed by atoms with Gasteiger partial charge < -0.3 is 15.3 Å². The van der Waals surface area contributed by atoms with Crippen molar-refractivity contribution < 1.29 is 24.3 Å². The van der Waals surface area contributed by atoms with Gasteiger partial charge in [0.05, 0.1) is 0 Å². The van der Waals surface area contributed by atoms with Crippen LogP contribution in [0.1, 0.15) is 54.4 Å². The van der Waals surface area contributed by atoms with E-state index in [2.05, 4.69) is 10.6 Å². The number of benzene rings is 1. The van der Waals surface area contributed by atoms with E-state index in [4.69, 9.17) is 5.11 Å². The van der Waals surface area contributed by atoms with Crippen LogP contribution in [0.2, 0.25) is 0 Å². The van der Waals surface area contributed by atoms with Crippen molar-refractivity contribution in [3.05, 3.63) is 29.3 Å². The highest BCUT2D eigenvalue weighted by Gasteiger charge is 2.39. The number of nitrogens with zero attached hydrogens (tertiary/aromatic N) is 1. The molecule has 0 radical (unpaired) electrons. The van der Waals surface area contributed by atoms with Gasteiger partial charge in [0.15, 0.2) is 0 Å². The second-order valence-electron chi connectivity index (χ2n) is 6.81. The molecule has 1 aromatic rings. The van der Waals surface area contributed by atoms with Gasteiger partial charge in [-0.1, -0.05) is 12.5 Å². The Morgan fingerprint density at radius 1 is 1.22 bits per heavy atom. The molecule has 4 amide bonds. The fourth-order valence-corrected chi connectivity index (χ4v) is 3.49. The van der Waals surface area contributed by atoms with Crippen molar-refractivity contribution in [2.45, 2.75) is 51.1 Å². The van der Waals surface area contributed by atoms with Gasteiger partial charge >= 0.3 is 0 Å². The molecule has 0 aromatic heterocycles. The van der Waals surface area contributed by atoms with Crippen LogP contribution in [0, 0.1) is 0 Å². The third-order valence-electron chi connectivity index (χ3n) is 4.92. The Hall–Kier alpha value is -2.74. The number of unbranched alkanes of at least 4 members (excludes halogenated alkanes) is 2. The van der Waals surface area contributed by atoms with Gasteiger partial charge in [-0.3, -0.25) is 24.5 Å². The molecule has 0 bridgehead atoms. The van der Waals surface area contributed by atoms with E-state index in [9.17, 15) is 19.2 Å². The van der Waals surface area contributed by atoms with Crippen molar-refractivity contribution in [3.63, 3.8) is 0 Å². The maximum atomic E-state index is 12.7. The van der Waals surface area contributed by atoms with Crippen LogP contribution in [0.3, 0.4) is 0 Å². The molecule has 27 heavy (non-hydrogen) atoms. The second kappa shape index (κ2) is 8.30. The third-order valence-corrected chi connectivity index (χ3v) is 4.92. The Kier molecular flexibility index (Phi) is 5.85. The highest BCUT2D eigenvalue weighted by molar-refractivity contribution is 6.06. The maximum Gasteiger partial charge on any atom is 0.255 e. The van der Waals surface area contributed by atoms with Crippen molar-refractivity contribution in [1.29, 1.82) is 0 Å². The molecule has 8 nitrogen and oxygen atoms in total. The molecule has 2 aliphatic heterocycles. The van der Waals surface area contributed by atoms with Gasteiger partial charge in [-0.05, 0) is 31.4 Å². The average molecular weight is 373 g/mol. The summed E-state index contributed by atoms with van der Waals surface area (Å²) in [5.74, 6) is -1.19. The molecule has 1 atom stereocenters. The fourth-order valence-electron chi connectivity index (χ4n) is 3.49. The molecule has 2 heterocycles. The molecule has 1 saturated heterocycles. The quantitative estimate of drug-likeness (QED) is 0.486. The van der Waals surface area contributed by atoms with Gasteiger partial charge in [0.25, 0.3) is 5.91 Å². The lowest BCUT2D eigenvalue weighted by atomic mass is 10.0. The van der Waals surface area contributed by atoms with Crippen LogP contribution in [0.5, 0.6) is 0 Å². The highest BCUT2D eigenvalue weighted by Crippen LogP contribution is 2.32. The molecular weight excluding hydrogens is 350 g/mol. The summed E-state index contributed by atoms with van der Waals surface area (Å²) in [5.41, 5.74) is 1.73. The summed E-state index contributed by atoms with van der Waals surface area (Å²) in [7, 11) is 0. The van der Waals surface area contributed by atoms with Crippen LogP contribution in [-0.2, 0) is 20.9 Å². The van der Waals surface area contributed by atoms with Crippen molar-refractivity contribution in [1.82, 2.24) is 10.2 Å². The largest absolute Gasteiger partial charge is 0.396 e. The lowest BCUT2D eigenvalue weighted by Gasteiger charge is -2.29. The smallest absolute Gasteiger partial charge is 0.255 e. The molecule has 144 valence electrons. The Labute approximate surface area is 156 Å². The first-order valence-electron chi connectivity index (χ1n) is 9.18. The molecule has 2 aliphatic rings.